The van der Waals surface area contributed by atoms with Crippen LogP contribution in [0.4, 0.5) is 22.4 Å². The third-order valence-electron chi connectivity index (χ3n) is 3.64. The number of halogens is 4. The Bertz CT molecular complexity index is 603. The first-order valence-electron chi connectivity index (χ1n) is 6.52. The van der Waals surface area contributed by atoms with E-state index < -0.39 is 30.1 Å². The molecule has 1 atom stereocenters. The molecule has 0 aliphatic heterocycles. The van der Waals surface area contributed by atoms with Crippen molar-refractivity contribution in [3.63, 3.8) is 0 Å². The van der Waals surface area contributed by atoms with E-state index in [4.69, 9.17) is 0 Å². The third kappa shape index (κ3) is 3.20. The smallest absolute Gasteiger partial charge is 0.322 e. The Balaban J connectivity index is 2.22. The van der Waals surface area contributed by atoms with Crippen LogP contribution in [-0.4, -0.2) is 37.0 Å². The van der Waals surface area contributed by atoms with Crippen LogP contribution in [0.25, 0.3) is 0 Å². The Labute approximate surface area is 124 Å². The Hall–Kier alpha value is -2.12. The summed E-state index contributed by atoms with van der Waals surface area (Å²) >= 11 is 0. The van der Waals surface area contributed by atoms with Crippen LogP contribution in [0.15, 0.2) is 18.2 Å². The molecular weight excluding hydrogens is 304 g/mol. The lowest BCUT2D eigenvalue weighted by Crippen LogP contribution is -2.52. The van der Waals surface area contributed by atoms with E-state index in [1.165, 1.54) is 12.1 Å². The molecule has 1 N–H and O–H groups in total. The maximum atomic E-state index is 13.4. The number of fused-ring (bicyclic) bond motifs is 1. The van der Waals surface area contributed by atoms with Gasteiger partial charge in [0, 0.05) is 7.05 Å². The normalized spacial score (nSPS) is 20.4. The van der Waals surface area contributed by atoms with Gasteiger partial charge in [0.15, 0.2) is 0 Å². The number of nitrogens with one attached hydrogen (secondary N) is 1. The lowest BCUT2D eigenvalue weighted by Gasteiger charge is -2.29. The molecule has 1 unspecified atom stereocenters. The molecule has 0 spiro atoms. The Morgan fingerprint density at radius 2 is 2.14 bits per heavy atom. The van der Waals surface area contributed by atoms with E-state index in [2.05, 4.69) is 5.32 Å². The standard InChI is InChI=1S/C14H14F4N2O2/c1-20(7-14(16,17)18)12(22)19-13(8-21)5-4-9-2-3-10(15)6-11(9)13/h2-3,6,8H,4-5,7H2,1H3,(H,19,22). The molecule has 2 amide bonds. The van der Waals surface area contributed by atoms with Gasteiger partial charge in [0.2, 0.25) is 0 Å². The molecule has 22 heavy (non-hydrogen) atoms. The number of alkyl halides is 3. The summed E-state index contributed by atoms with van der Waals surface area (Å²) in [5.41, 5.74) is -0.516. The number of nitrogens with zero attached hydrogens (tertiary/aromatic N) is 1. The monoisotopic (exact) mass is 318 g/mol. The Kier molecular flexibility index (Phi) is 4.12. The number of hydrogen-bond donors (Lipinski definition) is 1. The summed E-state index contributed by atoms with van der Waals surface area (Å²) in [6.45, 7) is -1.44. The fraction of sp³-hybridized carbons (Fsp3) is 0.429. The Morgan fingerprint density at radius 3 is 2.73 bits per heavy atom. The second-order valence-corrected chi connectivity index (χ2v) is 5.29. The molecule has 0 bridgehead atoms. The number of hydrogen-bond acceptors (Lipinski definition) is 2. The number of carbonyl (C=O) groups is 2. The summed E-state index contributed by atoms with van der Waals surface area (Å²) in [6.07, 6.45) is -3.49. The maximum absolute atomic E-state index is 13.4. The summed E-state index contributed by atoms with van der Waals surface area (Å²) in [5.74, 6) is -0.579. The largest absolute Gasteiger partial charge is 0.406 e. The highest BCUT2D eigenvalue weighted by atomic mass is 19.4. The van der Waals surface area contributed by atoms with Crippen LogP contribution in [-0.2, 0) is 16.8 Å². The topological polar surface area (TPSA) is 49.4 Å². The van der Waals surface area contributed by atoms with Crippen molar-refractivity contribution in [1.82, 2.24) is 10.2 Å². The predicted molar refractivity (Wildman–Crippen MR) is 69.7 cm³/mol. The van der Waals surface area contributed by atoms with Gasteiger partial charge in [0.25, 0.3) is 0 Å². The first-order chi connectivity index (χ1) is 10.2. The average molecular weight is 318 g/mol. The summed E-state index contributed by atoms with van der Waals surface area (Å²) in [5, 5.41) is 2.30. The van der Waals surface area contributed by atoms with Crippen molar-refractivity contribution in [2.45, 2.75) is 24.6 Å². The minimum absolute atomic E-state index is 0.181. The van der Waals surface area contributed by atoms with Crippen molar-refractivity contribution in [2.75, 3.05) is 13.6 Å². The number of amides is 2. The van der Waals surface area contributed by atoms with Gasteiger partial charge in [-0.3, -0.25) is 0 Å². The molecule has 1 aromatic rings. The van der Waals surface area contributed by atoms with Crippen LogP contribution >= 0.6 is 0 Å². The zero-order valence-electron chi connectivity index (χ0n) is 11.7. The molecule has 1 aromatic carbocycles. The number of aryl methyl sites for hydroxylation is 1. The van der Waals surface area contributed by atoms with Crippen LogP contribution in [0.5, 0.6) is 0 Å². The highest BCUT2D eigenvalue weighted by Crippen LogP contribution is 2.36. The summed E-state index contributed by atoms with van der Waals surface area (Å²) < 4.78 is 50.3. The second kappa shape index (κ2) is 5.58. The predicted octanol–water partition coefficient (Wildman–Crippen LogP) is 2.37. The molecule has 0 saturated carbocycles. The lowest BCUT2D eigenvalue weighted by atomic mass is 9.93. The molecule has 0 radical (unpaired) electrons. The van der Waals surface area contributed by atoms with Crippen molar-refractivity contribution in [3.8, 4) is 0 Å². The Morgan fingerprint density at radius 1 is 1.45 bits per heavy atom. The van der Waals surface area contributed by atoms with Gasteiger partial charge in [-0.05, 0) is 36.1 Å². The van der Waals surface area contributed by atoms with Crippen LogP contribution in [0, 0.1) is 5.82 Å². The van der Waals surface area contributed by atoms with Crippen molar-refractivity contribution < 1.29 is 27.2 Å². The molecule has 2 rings (SSSR count). The molecule has 0 aromatic heterocycles. The van der Waals surface area contributed by atoms with Crippen LogP contribution < -0.4 is 5.32 Å². The summed E-state index contributed by atoms with van der Waals surface area (Å²) in [6, 6.07) is 2.82. The number of benzene rings is 1. The van der Waals surface area contributed by atoms with Gasteiger partial charge < -0.3 is 15.0 Å². The first kappa shape index (κ1) is 16.3. The maximum Gasteiger partial charge on any atom is 0.406 e. The van der Waals surface area contributed by atoms with Gasteiger partial charge in [-0.15, -0.1) is 0 Å². The second-order valence-electron chi connectivity index (χ2n) is 5.29. The van der Waals surface area contributed by atoms with E-state index in [0.29, 0.717) is 23.2 Å². The number of urea groups is 1. The van der Waals surface area contributed by atoms with Crippen LogP contribution in [0.2, 0.25) is 0 Å². The van der Waals surface area contributed by atoms with E-state index >= 15 is 0 Å². The number of carbonyl (C=O) groups excluding carboxylic acids is 2. The molecule has 0 fully saturated rings. The summed E-state index contributed by atoms with van der Waals surface area (Å²) in [7, 11) is 0.975. The third-order valence-corrected chi connectivity index (χ3v) is 3.64. The number of aldehydes is 1. The van der Waals surface area contributed by atoms with E-state index in [1.807, 2.05) is 0 Å². The molecule has 120 valence electrons. The summed E-state index contributed by atoms with van der Waals surface area (Å²) in [4.78, 5) is 23.8. The van der Waals surface area contributed by atoms with Gasteiger partial charge in [-0.25, -0.2) is 9.18 Å². The van der Waals surface area contributed by atoms with Crippen LogP contribution in [0.3, 0.4) is 0 Å². The SMILES string of the molecule is CN(CC(F)(F)F)C(=O)NC1(C=O)CCc2ccc(F)cc21. The van der Waals surface area contributed by atoms with Crippen LogP contribution in [0.1, 0.15) is 17.5 Å². The first-order valence-corrected chi connectivity index (χ1v) is 6.52. The van der Waals surface area contributed by atoms with Crippen molar-refractivity contribution in [2.24, 2.45) is 0 Å². The van der Waals surface area contributed by atoms with E-state index in [-0.39, 0.29) is 12.0 Å². The van der Waals surface area contributed by atoms with E-state index in [1.54, 1.807) is 0 Å². The molecule has 1 aliphatic carbocycles. The van der Waals surface area contributed by atoms with Gasteiger partial charge >= 0.3 is 12.2 Å². The molecular formula is C14H14F4N2O2. The zero-order valence-corrected chi connectivity index (χ0v) is 11.7. The van der Waals surface area contributed by atoms with Crippen molar-refractivity contribution in [3.05, 3.63) is 35.1 Å². The van der Waals surface area contributed by atoms with Gasteiger partial charge in [-0.1, -0.05) is 6.07 Å². The van der Waals surface area contributed by atoms with E-state index in [9.17, 15) is 27.2 Å². The molecule has 0 saturated heterocycles. The molecule has 4 nitrogen and oxygen atoms in total. The van der Waals surface area contributed by atoms with Gasteiger partial charge in [0.05, 0.1) is 0 Å². The lowest BCUT2D eigenvalue weighted by molar-refractivity contribution is -0.137. The molecule has 0 heterocycles. The highest BCUT2D eigenvalue weighted by molar-refractivity contribution is 5.82. The molecule has 8 heteroatoms. The average Bonchev–Trinajstić information content (AvgIpc) is 2.76. The van der Waals surface area contributed by atoms with Crippen molar-refractivity contribution in [1.29, 1.82) is 0 Å². The quantitative estimate of drug-likeness (QED) is 0.687. The minimum atomic E-state index is -4.54. The fourth-order valence-electron chi connectivity index (χ4n) is 2.56. The number of rotatable bonds is 3. The van der Waals surface area contributed by atoms with E-state index in [0.717, 1.165) is 13.1 Å². The highest BCUT2D eigenvalue weighted by Gasteiger charge is 2.42. The molecule has 1 aliphatic rings. The fourth-order valence-corrected chi connectivity index (χ4v) is 2.56. The minimum Gasteiger partial charge on any atom is -0.322 e. The zero-order chi connectivity index (χ0) is 16.5. The van der Waals surface area contributed by atoms with Gasteiger partial charge in [-0.2, -0.15) is 13.2 Å². The van der Waals surface area contributed by atoms with Crippen molar-refractivity contribution >= 4 is 12.3 Å². The van der Waals surface area contributed by atoms with Gasteiger partial charge in [0.1, 0.15) is 24.2 Å².